The molecule has 2 aromatic carbocycles. The number of rotatable bonds is 3. The lowest BCUT2D eigenvalue weighted by molar-refractivity contribution is 0.202. The van der Waals surface area contributed by atoms with Gasteiger partial charge in [0.05, 0.1) is 10.9 Å². The molecule has 1 N–H and O–H groups in total. The number of benzene rings is 2. The van der Waals surface area contributed by atoms with Crippen molar-refractivity contribution in [3.05, 3.63) is 75.0 Å². The third-order valence-corrected chi connectivity index (χ3v) is 5.23. The summed E-state index contributed by atoms with van der Waals surface area (Å²) in [6, 6.07) is 12.1. The molecule has 0 spiro atoms. The van der Waals surface area contributed by atoms with Crippen LogP contribution < -0.4 is 5.56 Å². The maximum atomic E-state index is 13.3. The Hall–Kier alpha value is -2.24. The van der Waals surface area contributed by atoms with E-state index in [1.807, 2.05) is 12.1 Å². The highest BCUT2D eigenvalue weighted by atomic mass is 35.5. The first-order valence-electron chi connectivity index (χ1n) is 8.75. The van der Waals surface area contributed by atoms with E-state index in [9.17, 15) is 9.18 Å². The van der Waals surface area contributed by atoms with Crippen LogP contribution in [0.2, 0.25) is 5.02 Å². The molecule has 1 fully saturated rings. The Morgan fingerprint density at radius 2 is 1.88 bits per heavy atom. The molecule has 0 bridgehead atoms. The van der Waals surface area contributed by atoms with E-state index in [0.717, 1.165) is 37.5 Å². The van der Waals surface area contributed by atoms with Crippen LogP contribution in [-0.4, -0.2) is 28.0 Å². The normalized spacial score (nSPS) is 16.2. The number of aromatic amines is 1. The number of hydrogen-bond donors (Lipinski definition) is 1. The van der Waals surface area contributed by atoms with E-state index in [1.54, 1.807) is 6.07 Å². The molecule has 0 unspecified atom stereocenters. The molecular weight excluding hydrogens is 353 g/mol. The standard InChI is InChI=1S/C20H19ClFN3O/c21-15-3-1-13(2-4-15)12-25-9-7-14(8-10-25)19-23-18-6-5-16(22)11-17(18)20(26)24-19/h1-6,11,14H,7-10,12H2,(H,23,24,26). The molecule has 3 aromatic rings. The van der Waals surface area contributed by atoms with Crippen LogP contribution in [0.15, 0.2) is 47.3 Å². The van der Waals surface area contributed by atoms with E-state index < -0.39 is 5.82 Å². The van der Waals surface area contributed by atoms with Gasteiger partial charge in [0.2, 0.25) is 0 Å². The van der Waals surface area contributed by atoms with Crippen LogP contribution in [0.5, 0.6) is 0 Å². The fraction of sp³-hybridized carbons (Fsp3) is 0.300. The van der Waals surface area contributed by atoms with Crippen molar-refractivity contribution in [2.45, 2.75) is 25.3 Å². The Morgan fingerprint density at radius 3 is 2.62 bits per heavy atom. The number of H-pyrrole nitrogens is 1. The van der Waals surface area contributed by atoms with Gasteiger partial charge in [-0.15, -0.1) is 0 Å². The van der Waals surface area contributed by atoms with Gasteiger partial charge < -0.3 is 4.98 Å². The smallest absolute Gasteiger partial charge is 0.258 e. The molecule has 6 heteroatoms. The molecule has 4 rings (SSSR count). The first kappa shape index (κ1) is 17.2. The first-order valence-corrected chi connectivity index (χ1v) is 9.12. The van der Waals surface area contributed by atoms with E-state index in [4.69, 9.17) is 11.6 Å². The highest BCUT2D eigenvalue weighted by molar-refractivity contribution is 6.30. The zero-order valence-corrected chi connectivity index (χ0v) is 15.0. The topological polar surface area (TPSA) is 49.0 Å². The van der Waals surface area contributed by atoms with Gasteiger partial charge in [0.25, 0.3) is 5.56 Å². The maximum absolute atomic E-state index is 13.3. The van der Waals surface area contributed by atoms with Crippen LogP contribution in [0.3, 0.4) is 0 Å². The summed E-state index contributed by atoms with van der Waals surface area (Å²) in [7, 11) is 0. The van der Waals surface area contributed by atoms with Crippen LogP contribution >= 0.6 is 11.6 Å². The van der Waals surface area contributed by atoms with Gasteiger partial charge in [-0.25, -0.2) is 9.37 Å². The molecule has 0 atom stereocenters. The van der Waals surface area contributed by atoms with Crippen LogP contribution in [0, 0.1) is 5.82 Å². The second kappa shape index (κ2) is 7.17. The monoisotopic (exact) mass is 371 g/mol. The summed E-state index contributed by atoms with van der Waals surface area (Å²) in [4.78, 5) is 22.1. The third kappa shape index (κ3) is 3.64. The molecule has 0 radical (unpaired) electrons. The molecular formula is C20H19ClFN3O. The highest BCUT2D eigenvalue weighted by Crippen LogP contribution is 2.27. The Balaban J connectivity index is 1.46. The number of hydrogen-bond acceptors (Lipinski definition) is 3. The quantitative estimate of drug-likeness (QED) is 0.754. The van der Waals surface area contributed by atoms with Gasteiger partial charge in [-0.2, -0.15) is 0 Å². The van der Waals surface area contributed by atoms with E-state index >= 15 is 0 Å². The van der Waals surface area contributed by atoms with Crippen molar-refractivity contribution >= 4 is 22.5 Å². The fourth-order valence-corrected chi connectivity index (χ4v) is 3.66. The summed E-state index contributed by atoms with van der Waals surface area (Å²) in [6.07, 6.45) is 1.87. The van der Waals surface area contributed by atoms with Crippen molar-refractivity contribution in [2.75, 3.05) is 13.1 Å². The van der Waals surface area contributed by atoms with Gasteiger partial charge in [0.15, 0.2) is 0 Å². The largest absolute Gasteiger partial charge is 0.310 e. The fourth-order valence-electron chi connectivity index (χ4n) is 3.53. The van der Waals surface area contributed by atoms with Crippen molar-refractivity contribution in [1.29, 1.82) is 0 Å². The van der Waals surface area contributed by atoms with E-state index in [-0.39, 0.29) is 11.5 Å². The van der Waals surface area contributed by atoms with Gasteiger partial charge >= 0.3 is 0 Å². The minimum absolute atomic E-state index is 0.221. The van der Waals surface area contributed by atoms with E-state index in [0.29, 0.717) is 16.7 Å². The second-order valence-electron chi connectivity index (χ2n) is 6.79. The van der Waals surface area contributed by atoms with Crippen molar-refractivity contribution in [1.82, 2.24) is 14.9 Å². The molecule has 1 aliphatic heterocycles. The van der Waals surface area contributed by atoms with Crippen LogP contribution in [-0.2, 0) is 6.54 Å². The lowest BCUT2D eigenvalue weighted by Crippen LogP contribution is -2.33. The minimum Gasteiger partial charge on any atom is -0.310 e. The number of nitrogens with one attached hydrogen (secondary N) is 1. The molecule has 0 aliphatic carbocycles. The predicted octanol–water partition coefficient (Wildman–Crippen LogP) is 4.10. The van der Waals surface area contributed by atoms with E-state index in [1.165, 1.54) is 17.7 Å². The molecule has 0 saturated carbocycles. The first-order chi connectivity index (χ1) is 12.6. The molecule has 2 heterocycles. The Kier molecular flexibility index (Phi) is 4.74. The maximum Gasteiger partial charge on any atom is 0.258 e. The van der Waals surface area contributed by atoms with Crippen molar-refractivity contribution < 1.29 is 4.39 Å². The van der Waals surface area contributed by atoms with Crippen molar-refractivity contribution in [2.24, 2.45) is 0 Å². The molecule has 26 heavy (non-hydrogen) atoms. The summed E-state index contributed by atoms with van der Waals surface area (Å²) < 4.78 is 13.3. The molecule has 0 amide bonds. The summed E-state index contributed by atoms with van der Waals surface area (Å²) in [5, 5.41) is 1.05. The molecule has 4 nitrogen and oxygen atoms in total. The van der Waals surface area contributed by atoms with Crippen LogP contribution in [0.4, 0.5) is 4.39 Å². The van der Waals surface area contributed by atoms with Gasteiger partial charge in [0, 0.05) is 17.5 Å². The lowest BCUT2D eigenvalue weighted by Gasteiger charge is -2.31. The molecule has 1 aromatic heterocycles. The number of fused-ring (bicyclic) bond motifs is 1. The molecule has 1 saturated heterocycles. The minimum atomic E-state index is -0.423. The van der Waals surface area contributed by atoms with Crippen molar-refractivity contribution in [3.8, 4) is 0 Å². The van der Waals surface area contributed by atoms with Crippen molar-refractivity contribution in [3.63, 3.8) is 0 Å². The predicted molar refractivity (Wildman–Crippen MR) is 101 cm³/mol. The summed E-state index contributed by atoms with van der Waals surface area (Å²) >= 11 is 5.93. The Labute approximate surface area is 155 Å². The second-order valence-corrected chi connectivity index (χ2v) is 7.23. The van der Waals surface area contributed by atoms with Gasteiger partial charge in [-0.05, 0) is 61.8 Å². The Morgan fingerprint density at radius 1 is 1.15 bits per heavy atom. The van der Waals surface area contributed by atoms with Gasteiger partial charge in [-0.3, -0.25) is 9.69 Å². The Bertz CT molecular complexity index is 979. The third-order valence-electron chi connectivity index (χ3n) is 4.98. The number of halogens is 2. The summed E-state index contributed by atoms with van der Waals surface area (Å²) in [6.45, 7) is 2.78. The zero-order valence-electron chi connectivity index (χ0n) is 14.2. The van der Waals surface area contributed by atoms with Gasteiger partial charge in [0.1, 0.15) is 11.6 Å². The molecule has 1 aliphatic rings. The number of aromatic nitrogens is 2. The number of likely N-dealkylation sites (tertiary alicyclic amines) is 1. The van der Waals surface area contributed by atoms with Crippen LogP contribution in [0.25, 0.3) is 10.9 Å². The summed E-state index contributed by atoms with van der Waals surface area (Å²) in [5.74, 6) is 0.506. The van der Waals surface area contributed by atoms with Crippen LogP contribution in [0.1, 0.15) is 30.1 Å². The number of piperidine rings is 1. The lowest BCUT2D eigenvalue weighted by atomic mass is 9.95. The number of nitrogens with zero attached hydrogens (tertiary/aromatic N) is 2. The SMILES string of the molecule is O=c1[nH]c(C2CCN(Cc3ccc(Cl)cc3)CC2)nc2ccc(F)cc12. The van der Waals surface area contributed by atoms with Gasteiger partial charge in [-0.1, -0.05) is 23.7 Å². The highest BCUT2D eigenvalue weighted by Gasteiger charge is 2.23. The zero-order chi connectivity index (χ0) is 18.1. The summed E-state index contributed by atoms with van der Waals surface area (Å²) in [5.41, 5.74) is 1.52. The van der Waals surface area contributed by atoms with E-state index in [2.05, 4.69) is 27.0 Å². The average molecular weight is 372 g/mol. The average Bonchev–Trinajstić information content (AvgIpc) is 2.65. The molecule has 134 valence electrons.